The number of rotatable bonds is 2. The van der Waals surface area contributed by atoms with Crippen molar-refractivity contribution in [1.82, 2.24) is 0 Å². The fourth-order valence-corrected chi connectivity index (χ4v) is 2.37. The van der Waals surface area contributed by atoms with E-state index in [-0.39, 0.29) is 18.2 Å². The third-order valence-electron chi connectivity index (χ3n) is 3.32. The third-order valence-corrected chi connectivity index (χ3v) is 3.32. The Morgan fingerprint density at radius 2 is 1.73 bits per heavy atom. The lowest BCUT2D eigenvalue weighted by Crippen LogP contribution is -2.29. The molecule has 3 nitrogen and oxygen atoms in total. The van der Waals surface area contributed by atoms with Crippen LogP contribution in [0, 0.1) is 5.92 Å². The Labute approximate surface area is 91.1 Å². The molecule has 0 aromatic heterocycles. The summed E-state index contributed by atoms with van der Waals surface area (Å²) >= 11 is 0. The van der Waals surface area contributed by atoms with Gasteiger partial charge in [0, 0.05) is 6.42 Å². The van der Waals surface area contributed by atoms with Gasteiger partial charge in [0.05, 0.1) is 12.5 Å². The van der Waals surface area contributed by atoms with E-state index in [1.54, 1.807) is 0 Å². The Bertz CT molecular complexity index is 203. The van der Waals surface area contributed by atoms with Crippen molar-refractivity contribution in [3.8, 4) is 0 Å². The smallest absolute Gasteiger partial charge is 0.311 e. The maximum atomic E-state index is 11.8. The lowest BCUT2D eigenvalue weighted by molar-refractivity contribution is -0.192. The zero-order valence-electron chi connectivity index (χ0n) is 9.24. The van der Waals surface area contributed by atoms with Crippen LogP contribution in [0.4, 0.5) is 0 Å². The molecule has 0 N–H and O–H groups in total. The minimum absolute atomic E-state index is 0.0263. The van der Waals surface area contributed by atoms with E-state index in [2.05, 4.69) is 0 Å². The fourth-order valence-electron chi connectivity index (χ4n) is 2.37. The molecule has 0 amide bonds. The van der Waals surface area contributed by atoms with Crippen molar-refractivity contribution < 1.29 is 14.3 Å². The summed E-state index contributed by atoms with van der Waals surface area (Å²) in [6.07, 6.45) is 8.45. The van der Waals surface area contributed by atoms with E-state index < -0.39 is 0 Å². The van der Waals surface area contributed by atoms with Gasteiger partial charge >= 0.3 is 5.97 Å². The lowest BCUT2D eigenvalue weighted by atomic mass is 9.89. The molecule has 1 atom stereocenters. The van der Waals surface area contributed by atoms with Gasteiger partial charge in [0.1, 0.15) is 0 Å². The van der Waals surface area contributed by atoms with E-state index in [1.165, 1.54) is 19.3 Å². The Balaban J connectivity index is 1.74. The maximum absolute atomic E-state index is 11.8. The van der Waals surface area contributed by atoms with Gasteiger partial charge in [-0.2, -0.15) is 0 Å². The van der Waals surface area contributed by atoms with Crippen LogP contribution < -0.4 is 0 Å². The van der Waals surface area contributed by atoms with Crippen molar-refractivity contribution in [2.45, 2.75) is 57.7 Å². The fraction of sp³-hybridized carbons (Fsp3) is 0.917. The molecule has 1 heterocycles. The van der Waals surface area contributed by atoms with Gasteiger partial charge in [-0.25, -0.2) is 0 Å². The molecule has 1 unspecified atom stereocenters. The van der Waals surface area contributed by atoms with Gasteiger partial charge in [0.25, 0.3) is 0 Å². The second kappa shape index (κ2) is 5.50. The Morgan fingerprint density at radius 1 is 1.00 bits per heavy atom. The highest BCUT2D eigenvalue weighted by Crippen LogP contribution is 2.26. The summed E-state index contributed by atoms with van der Waals surface area (Å²) in [7, 11) is 0. The van der Waals surface area contributed by atoms with Gasteiger partial charge in [0.2, 0.25) is 6.29 Å². The van der Waals surface area contributed by atoms with E-state index in [4.69, 9.17) is 9.47 Å². The number of hydrogen-bond donors (Lipinski definition) is 0. The molecule has 0 bridgehead atoms. The van der Waals surface area contributed by atoms with Gasteiger partial charge in [-0.05, 0) is 25.7 Å². The molecule has 0 spiro atoms. The number of carbonyl (C=O) groups is 1. The van der Waals surface area contributed by atoms with Crippen molar-refractivity contribution >= 4 is 5.97 Å². The summed E-state index contributed by atoms with van der Waals surface area (Å²) in [4.78, 5) is 11.8. The van der Waals surface area contributed by atoms with Crippen molar-refractivity contribution in [3.63, 3.8) is 0 Å². The molecular weight excluding hydrogens is 192 g/mol. The first-order chi connectivity index (χ1) is 7.36. The Kier molecular flexibility index (Phi) is 4.01. The van der Waals surface area contributed by atoms with Crippen LogP contribution in [0.2, 0.25) is 0 Å². The van der Waals surface area contributed by atoms with E-state index in [9.17, 15) is 4.79 Å². The summed E-state index contributed by atoms with van der Waals surface area (Å²) in [5.41, 5.74) is 0. The summed E-state index contributed by atoms with van der Waals surface area (Å²) in [6, 6.07) is 0. The average molecular weight is 212 g/mol. The standard InChI is InChI=1S/C12H20O3/c13-12(10-6-2-1-3-7-10)15-11-8-4-5-9-14-11/h10-11H,1-9H2. The SMILES string of the molecule is O=C(OC1CCCCO1)C1CCCCC1. The molecule has 1 aliphatic heterocycles. The minimum Gasteiger partial charge on any atom is -0.436 e. The molecule has 3 heteroatoms. The van der Waals surface area contributed by atoms with Gasteiger partial charge in [-0.3, -0.25) is 4.79 Å². The monoisotopic (exact) mass is 212 g/mol. The molecule has 0 aromatic rings. The molecule has 2 aliphatic rings. The largest absolute Gasteiger partial charge is 0.436 e. The predicted molar refractivity (Wildman–Crippen MR) is 56.3 cm³/mol. The first-order valence-electron chi connectivity index (χ1n) is 6.18. The number of hydrogen-bond acceptors (Lipinski definition) is 3. The average Bonchev–Trinajstić information content (AvgIpc) is 2.31. The molecule has 0 radical (unpaired) electrons. The first-order valence-corrected chi connectivity index (χ1v) is 6.18. The van der Waals surface area contributed by atoms with E-state index >= 15 is 0 Å². The highest BCUT2D eigenvalue weighted by Gasteiger charge is 2.26. The normalized spacial score (nSPS) is 28.7. The first kappa shape index (κ1) is 10.9. The van der Waals surface area contributed by atoms with E-state index in [1.807, 2.05) is 0 Å². The number of esters is 1. The molecular formula is C12H20O3. The Morgan fingerprint density at radius 3 is 2.40 bits per heavy atom. The van der Waals surface area contributed by atoms with Crippen LogP contribution in [0.25, 0.3) is 0 Å². The molecule has 15 heavy (non-hydrogen) atoms. The van der Waals surface area contributed by atoms with Gasteiger partial charge in [-0.1, -0.05) is 19.3 Å². The lowest BCUT2D eigenvalue weighted by Gasteiger charge is -2.26. The zero-order valence-corrected chi connectivity index (χ0v) is 9.24. The molecule has 2 fully saturated rings. The van der Waals surface area contributed by atoms with Crippen LogP contribution in [-0.2, 0) is 14.3 Å². The topological polar surface area (TPSA) is 35.5 Å². The summed E-state index contributed by atoms with van der Waals surface area (Å²) in [5, 5.41) is 0. The molecule has 1 saturated carbocycles. The van der Waals surface area contributed by atoms with Crippen LogP contribution >= 0.6 is 0 Å². The molecule has 1 saturated heterocycles. The van der Waals surface area contributed by atoms with E-state index in [0.717, 1.165) is 38.7 Å². The van der Waals surface area contributed by atoms with Crippen LogP contribution in [0.5, 0.6) is 0 Å². The van der Waals surface area contributed by atoms with E-state index in [0.29, 0.717) is 0 Å². The third kappa shape index (κ3) is 3.20. The maximum Gasteiger partial charge on any atom is 0.311 e. The second-order valence-corrected chi connectivity index (χ2v) is 4.57. The molecule has 1 aliphatic carbocycles. The van der Waals surface area contributed by atoms with Crippen molar-refractivity contribution in [3.05, 3.63) is 0 Å². The van der Waals surface area contributed by atoms with Crippen LogP contribution in [0.3, 0.4) is 0 Å². The van der Waals surface area contributed by atoms with Gasteiger partial charge in [-0.15, -0.1) is 0 Å². The summed E-state index contributed by atoms with van der Waals surface area (Å²) in [6.45, 7) is 0.739. The second-order valence-electron chi connectivity index (χ2n) is 4.57. The summed E-state index contributed by atoms with van der Waals surface area (Å²) in [5.74, 6) is 0.117. The van der Waals surface area contributed by atoms with Crippen LogP contribution in [-0.4, -0.2) is 18.9 Å². The highest BCUT2D eigenvalue weighted by molar-refractivity contribution is 5.72. The Hall–Kier alpha value is -0.570. The number of ether oxygens (including phenoxy) is 2. The van der Waals surface area contributed by atoms with Crippen molar-refractivity contribution in [2.24, 2.45) is 5.92 Å². The van der Waals surface area contributed by atoms with Crippen molar-refractivity contribution in [2.75, 3.05) is 6.61 Å². The van der Waals surface area contributed by atoms with Crippen LogP contribution in [0.15, 0.2) is 0 Å². The van der Waals surface area contributed by atoms with Crippen molar-refractivity contribution in [1.29, 1.82) is 0 Å². The van der Waals surface area contributed by atoms with Crippen LogP contribution in [0.1, 0.15) is 51.4 Å². The highest BCUT2D eigenvalue weighted by atomic mass is 16.7. The summed E-state index contributed by atoms with van der Waals surface area (Å²) < 4.78 is 10.8. The van der Waals surface area contributed by atoms with Gasteiger partial charge in [0.15, 0.2) is 0 Å². The van der Waals surface area contributed by atoms with Gasteiger partial charge < -0.3 is 9.47 Å². The predicted octanol–water partition coefficient (Wildman–Crippen LogP) is 2.64. The number of carbonyl (C=O) groups excluding carboxylic acids is 1. The molecule has 0 aromatic carbocycles. The molecule has 2 rings (SSSR count). The molecule has 86 valence electrons. The minimum atomic E-state index is -0.256. The quantitative estimate of drug-likeness (QED) is 0.660. The zero-order chi connectivity index (χ0) is 10.5.